The lowest BCUT2D eigenvalue weighted by molar-refractivity contribution is -0.185. The van der Waals surface area contributed by atoms with E-state index >= 15 is 0 Å². The Balaban J connectivity index is 2.05. The average Bonchev–Trinajstić information content (AvgIpc) is 2.25. The first-order valence-electron chi connectivity index (χ1n) is 8.39. The van der Waals surface area contributed by atoms with Crippen LogP contribution in [0.1, 0.15) is 60.3 Å². The SMILES string of the molecule is CCCC1(CN2CC(C)(C)OC(C)(C)C2)CCNCC1. The van der Waals surface area contributed by atoms with E-state index in [0.29, 0.717) is 5.41 Å². The maximum absolute atomic E-state index is 6.22. The number of rotatable bonds is 4. The third-order valence-electron chi connectivity index (χ3n) is 4.76. The summed E-state index contributed by atoms with van der Waals surface area (Å²) >= 11 is 0. The van der Waals surface area contributed by atoms with Crippen molar-refractivity contribution in [3.8, 4) is 0 Å². The smallest absolute Gasteiger partial charge is 0.0760 e. The zero-order valence-corrected chi connectivity index (χ0v) is 14.2. The highest BCUT2D eigenvalue weighted by Crippen LogP contribution is 2.37. The van der Waals surface area contributed by atoms with Gasteiger partial charge in [-0.1, -0.05) is 13.3 Å². The average molecular weight is 282 g/mol. The number of morpholine rings is 1. The molecule has 2 heterocycles. The molecular weight excluding hydrogens is 248 g/mol. The largest absolute Gasteiger partial charge is 0.367 e. The molecule has 2 saturated heterocycles. The van der Waals surface area contributed by atoms with Crippen LogP contribution in [0.15, 0.2) is 0 Å². The van der Waals surface area contributed by atoms with E-state index in [9.17, 15) is 0 Å². The molecule has 0 spiro atoms. The quantitative estimate of drug-likeness (QED) is 0.858. The monoisotopic (exact) mass is 282 g/mol. The number of nitrogens with zero attached hydrogens (tertiary/aromatic N) is 1. The highest BCUT2D eigenvalue weighted by Gasteiger charge is 2.41. The summed E-state index contributed by atoms with van der Waals surface area (Å²) in [5.41, 5.74) is 0.480. The lowest BCUT2D eigenvalue weighted by Gasteiger charge is -2.50. The molecule has 3 nitrogen and oxygen atoms in total. The van der Waals surface area contributed by atoms with Crippen LogP contribution in [0.2, 0.25) is 0 Å². The summed E-state index contributed by atoms with van der Waals surface area (Å²) in [6.07, 6.45) is 5.34. The molecule has 2 aliphatic heterocycles. The van der Waals surface area contributed by atoms with Crippen LogP contribution in [0.5, 0.6) is 0 Å². The molecule has 0 radical (unpaired) electrons. The second kappa shape index (κ2) is 5.94. The van der Waals surface area contributed by atoms with Crippen molar-refractivity contribution in [1.29, 1.82) is 0 Å². The third kappa shape index (κ3) is 4.19. The summed E-state index contributed by atoms with van der Waals surface area (Å²) in [4.78, 5) is 2.67. The Morgan fingerprint density at radius 2 is 1.55 bits per heavy atom. The van der Waals surface area contributed by atoms with Crippen molar-refractivity contribution >= 4 is 0 Å². The number of ether oxygens (including phenoxy) is 1. The van der Waals surface area contributed by atoms with E-state index in [1.807, 2.05) is 0 Å². The third-order valence-corrected chi connectivity index (χ3v) is 4.76. The summed E-state index contributed by atoms with van der Waals surface area (Å²) in [5, 5.41) is 3.52. The molecule has 0 aromatic heterocycles. The fourth-order valence-electron chi connectivity index (χ4n) is 4.51. The van der Waals surface area contributed by atoms with Crippen molar-refractivity contribution < 1.29 is 4.74 Å². The fraction of sp³-hybridized carbons (Fsp3) is 1.00. The van der Waals surface area contributed by atoms with Gasteiger partial charge in [-0.25, -0.2) is 0 Å². The molecule has 1 N–H and O–H groups in total. The summed E-state index contributed by atoms with van der Waals surface area (Å²) in [7, 11) is 0. The molecule has 0 atom stereocenters. The molecule has 0 bridgehead atoms. The number of hydrogen-bond acceptors (Lipinski definition) is 3. The number of nitrogens with one attached hydrogen (secondary N) is 1. The van der Waals surface area contributed by atoms with Gasteiger partial charge in [0.25, 0.3) is 0 Å². The van der Waals surface area contributed by atoms with Crippen LogP contribution in [0.3, 0.4) is 0 Å². The Morgan fingerprint density at radius 1 is 1.00 bits per heavy atom. The summed E-state index contributed by atoms with van der Waals surface area (Å²) < 4.78 is 6.22. The first kappa shape index (κ1) is 16.3. The second-order valence-corrected chi connectivity index (χ2v) is 8.27. The predicted molar refractivity (Wildman–Crippen MR) is 85.1 cm³/mol. The second-order valence-electron chi connectivity index (χ2n) is 8.27. The van der Waals surface area contributed by atoms with E-state index in [4.69, 9.17) is 4.74 Å². The predicted octanol–water partition coefficient (Wildman–Crippen LogP) is 3.05. The maximum atomic E-state index is 6.22. The van der Waals surface area contributed by atoms with Gasteiger partial charge in [0.15, 0.2) is 0 Å². The van der Waals surface area contributed by atoms with Gasteiger partial charge in [0.2, 0.25) is 0 Å². The maximum Gasteiger partial charge on any atom is 0.0760 e. The van der Waals surface area contributed by atoms with E-state index in [2.05, 4.69) is 44.8 Å². The minimum atomic E-state index is -0.0257. The van der Waals surface area contributed by atoms with Gasteiger partial charge in [-0.3, -0.25) is 4.90 Å². The van der Waals surface area contributed by atoms with Crippen LogP contribution in [-0.2, 0) is 4.74 Å². The Bertz CT molecular complexity index is 297. The molecule has 2 fully saturated rings. The van der Waals surface area contributed by atoms with Crippen LogP contribution in [-0.4, -0.2) is 48.8 Å². The molecule has 0 saturated carbocycles. The van der Waals surface area contributed by atoms with Crippen molar-refractivity contribution in [2.45, 2.75) is 71.5 Å². The molecule has 0 aromatic rings. The Morgan fingerprint density at radius 3 is 2.05 bits per heavy atom. The number of hydrogen-bond donors (Lipinski definition) is 1. The number of piperidine rings is 1. The molecule has 0 aliphatic carbocycles. The first-order chi connectivity index (χ1) is 9.26. The minimum absolute atomic E-state index is 0.0257. The molecule has 0 aromatic carbocycles. The minimum Gasteiger partial charge on any atom is -0.367 e. The summed E-state index contributed by atoms with van der Waals surface area (Å²) in [5.74, 6) is 0. The zero-order chi connectivity index (χ0) is 14.9. The standard InChI is InChI=1S/C17H34N2O/c1-6-7-17(8-10-18-11-9-17)14-19-12-15(2,3)20-16(4,5)13-19/h18H,6-14H2,1-5H3. The van der Waals surface area contributed by atoms with Gasteiger partial charge < -0.3 is 10.1 Å². The Hall–Kier alpha value is -0.120. The van der Waals surface area contributed by atoms with E-state index in [1.54, 1.807) is 0 Å². The van der Waals surface area contributed by atoms with E-state index < -0.39 is 0 Å². The molecule has 0 amide bonds. The first-order valence-corrected chi connectivity index (χ1v) is 8.39. The highest BCUT2D eigenvalue weighted by molar-refractivity contribution is 4.94. The normalized spacial score (nSPS) is 29.2. The summed E-state index contributed by atoms with van der Waals surface area (Å²) in [6.45, 7) is 17.0. The van der Waals surface area contributed by atoms with Crippen LogP contribution in [0.25, 0.3) is 0 Å². The van der Waals surface area contributed by atoms with Gasteiger partial charge in [-0.05, 0) is 65.5 Å². The molecule has 0 unspecified atom stereocenters. The lowest BCUT2D eigenvalue weighted by atomic mass is 9.74. The van der Waals surface area contributed by atoms with E-state index in [1.165, 1.54) is 45.3 Å². The molecule has 2 rings (SSSR count). The Labute approximate surface area is 125 Å². The molecular formula is C17H34N2O. The van der Waals surface area contributed by atoms with Gasteiger partial charge in [0.1, 0.15) is 0 Å². The van der Waals surface area contributed by atoms with Crippen molar-refractivity contribution in [3.63, 3.8) is 0 Å². The molecule has 20 heavy (non-hydrogen) atoms. The van der Waals surface area contributed by atoms with Crippen molar-refractivity contribution in [2.75, 3.05) is 32.7 Å². The van der Waals surface area contributed by atoms with Crippen LogP contribution >= 0.6 is 0 Å². The molecule has 118 valence electrons. The van der Waals surface area contributed by atoms with E-state index in [-0.39, 0.29) is 11.2 Å². The fourth-order valence-corrected chi connectivity index (χ4v) is 4.51. The van der Waals surface area contributed by atoms with Crippen LogP contribution < -0.4 is 5.32 Å². The van der Waals surface area contributed by atoms with Crippen molar-refractivity contribution in [1.82, 2.24) is 10.2 Å². The van der Waals surface area contributed by atoms with Crippen molar-refractivity contribution in [2.24, 2.45) is 5.41 Å². The lowest BCUT2D eigenvalue weighted by Crippen LogP contribution is -2.59. The molecule has 2 aliphatic rings. The van der Waals surface area contributed by atoms with Gasteiger partial charge in [0.05, 0.1) is 11.2 Å². The van der Waals surface area contributed by atoms with Crippen LogP contribution in [0, 0.1) is 5.41 Å². The molecule has 3 heteroatoms. The van der Waals surface area contributed by atoms with Crippen LogP contribution in [0.4, 0.5) is 0 Å². The topological polar surface area (TPSA) is 24.5 Å². The highest BCUT2D eigenvalue weighted by atomic mass is 16.5. The van der Waals surface area contributed by atoms with Gasteiger partial charge >= 0.3 is 0 Å². The van der Waals surface area contributed by atoms with Gasteiger partial charge in [-0.2, -0.15) is 0 Å². The van der Waals surface area contributed by atoms with Gasteiger partial charge in [-0.15, -0.1) is 0 Å². The van der Waals surface area contributed by atoms with Gasteiger partial charge in [0, 0.05) is 19.6 Å². The van der Waals surface area contributed by atoms with E-state index in [0.717, 1.165) is 13.1 Å². The van der Waals surface area contributed by atoms with Crippen molar-refractivity contribution in [3.05, 3.63) is 0 Å². The zero-order valence-electron chi connectivity index (χ0n) is 14.2. The Kier molecular flexibility index (Phi) is 4.83. The summed E-state index contributed by atoms with van der Waals surface area (Å²) in [6, 6.07) is 0.